The van der Waals surface area contributed by atoms with Gasteiger partial charge in [-0.05, 0) is 30.7 Å². The molecular weight excluding hydrogens is 226 g/mol. The van der Waals surface area contributed by atoms with Crippen LogP contribution in [0, 0.1) is 11.3 Å². The van der Waals surface area contributed by atoms with Crippen molar-refractivity contribution in [2.75, 3.05) is 19.6 Å². The lowest BCUT2D eigenvalue weighted by Gasteiger charge is -2.29. The zero-order chi connectivity index (χ0) is 13.6. The van der Waals surface area contributed by atoms with E-state index in [1.165, 1.54) is 32.2 Å². The van der Waals surface area contributed by atoms with Gasteiger partial charge in [-0.25, -0.2) is 0 Å². The first kappa shape index (κ1) is 15.3. The lowest BCUT2D eigenvalue weighted by molar-refractivity contribution is 0.193. The van der Waals surface area contributed by atoms with Gasteiger partial charge in [0.2, 0.25) is 0 Å². The van der Waals surface area contributed by atoms with E-state index < -0.39 is 0 Å². The van der Waals surface area contributed by atoms with E-state index in [1.54, 1.807) is 0 Å². The van der Waals surface area contributed by atoms with Crippen LogP contribution in [0.1, 0.15) is 52.9 Å². The van der Waals surface area contributed by atoms with Crippen LogP contribution < -0.4 is 5.73 Å². The fourth-order valence-corrected chi connectivity index (χ4v) is 2.68. The second-order valence-electron chi connectivity index (χ2n) is 5.78. The predicted octanol–water partition coefficient (Wildman–Crippen LogP) is 2.66. The Morgan fingerprint density at radius 3 is 2.33 bits per heavy atom. The van der Waals surface area contributed by atoms with Crippen molar-refractivity contribution in [3.63, 3.8) is 0 Å². The van der Waals surface area contributed by atoms with Crippen LogP contribution in [0.25, 0.3) is 0 Å². The lowest BCUT2D eigenvalue weighted by atomic mass is 9.98. The molecule has 0 saturated heterocycles. The maximum absolute atomic E-state index is 8.69. The average Bonchev–Trinajstić information content (AvgIpc) is 3.13. The molecule has 0 bridgehead atoms. The molecule has 0 aromatic carbocycles. The third-order valence-corrected chi connectivity index (χ3v) is 4.32. The Labute approximate surface area is 111 Å². The highest BCUT2D eigenvalue weighted by Crippen LogP contribution is 2.49. The van der Waals surface area contributed by atoms with Gasteiger partial charge in [-0.1, -0.05) is 38.8 Å². The van der Waals surface area contributed by atoms with E-state index >= 15 is 0 Å². The number of nitrogens with two attached hydrogens (primary N) is 1. The maximum Gasteiger partial charge on any atom is 0.139 e. The first-order valence-electron chi connectivity index (χ1n) is 7.27. The van der Waals surface area contributed by atoms with Gasteiger partial charge in [0.05, 0.1) is 0 Å². The Kier molecular flexibility index (Phi) is 5.93. The number of hydrogen-bond donors (Lipinski definition) is 2. The van der Waals surface area contributed by atoms with Crippen LogP contribution in [-0.4, -0.2) is 35.6 Å². The first-order chi connectivity index (χ1) is 8.59. The molecule has 0 unspecified atom stereocenters. The fraction of sp³-hybridized carbons (Fsp3) is 0.929. The van der Waals surface area contributed by atoms with Crippen LogP contribution in [0.2, 0.25) is 0 Å². The molecule has 1 aliphatic carbocycles. The number of amidine groups is 1. The molecule has 0 atom stereocenters. The Morgan fingerprint density at radius 1 is 1.33 bits per heavy atom. The number of rotatable bonds is 9. The third-order valence-electron chi connectivity index (χ3n) is 4.32. The summed E-state index contributed by atoms with van der Waals surface area (Å²) in [4.78, 5) is 2.54. The van der Waals surface area contributed by atoms with E-state index in [-0.39, 0.29) is 0 Å². The van der Waals surface area contributed by atoms with Crippen LogP contribution in [0.4, 0.5) is 0 Å². The van der Waals surface area contributed by atoms with Crippen molar-refractivity contribution >= 4 is 5.84 Å². The maximum atomic E-state index is 8.69. The van der Waals surface area contributed by atoms with E-state index in [0.717, 1.165) is 25.4 Å². The van der Waals surface area contributed by atoms with Crippen LogP contribution in [-0.2, 0) is 0 Å². The summed E-state index contributed by atoms with van der Waals surface area (Å²) in [5.41, 5.74) is 5.94. The van der Waals surface area contributed by atoms with Crippen molar-refractivity contribution in [3.8, 4) is 0 Å². The summed E-state index contributed by atoms with van der Waals surface area (Å²) >= 11 is 0. The molecule has 1 fully saturated rings. The summed E-state index contributed by atoms with van der Waals surface area (Å²) in [6, 6.07) is 0. The van der Waals surface area contributed by atoms with Crippen molar-refractivity contribution in [1.29, 1.82) is 0 Å². The van der Waals surface area contributed by atoms with Crippen molar-refractivity contribution in [3.05, 3.63) is 0 Å². The van der Waals surface area contributed by atoms with Gasteiger partial charge >= 0.3 is 0 Å². The predicted molar refractivity (Wildman–Crippen MR) is 75.9 cm³/mol. The Hall–Kier alpha value is -0.770. The van der Waals surface area contributed by atoms with Crippen molar-refractivity contribution in [1.82, 2.24) is 4.90 Å². The Bertz CT molecular complexity index is 270. The van der Waals surface area contributed by atoms with Crippen LogP contribution >= 0.6 is 0 Å². The topological polar surface area (TPSA) is 61.8 Å². The molecule has 1 aliphatic rings. The molecule has 4 heteroatoms. The van der Waals surface area contributed by atoms with E-state index in [9.17, 15) is 0 Å². The van der Waals surface area contributed by atoms with Crippen LogP contribution in [0.5, 0.6) is 0 Å². The van der Waals surface area contributed by atoms with Gasteiger partial charge in [-0.15, -0.1) is 0 Å². The molecule has 3 N–H and O–H groups in total. The number of nitrogens with zero attached hydrogens (tertiary/aromatic N) is 2. The van der Waals surface area contributed by atoms with E-state index in [2.05, 4.69) is 30.8 Å². The third kappa shape index (κ3) is 4.48. The smallest absolute Gasteiger partial charge is 0.139 e. The van der Waals surface area contributed by atoms with E-state index in [1.807, 2.05) is 0 Å². The van der Waals surface area contributed by atoms with Crippen molar-refractivity contribution < 1.29 is 5.21 Å². The Balaban J connectivity index is 2.47. The highest BCUT2D eigenvalue weighted by atomic mass is 16.4. The molecule has 0 heterocycles. The van der Waals surface area contributed by atoms with E-state index in [4.69, 9.17) is 10.9 Å². The molecule has 18 heavy (non-hydrogen) atoms. The van der Waals surface area contributed by atoms with Gasteiger partial charge < -0.3 is 15.8 Å². The monoisotopic (exact) mass is 255 g/mol. The van der Waals surface area contributed by atoms with Gasteiger partial charge in [0.1, 0.15) is 5.84 Å². The van der Waals surface area contributed by atoms with Gasteiger partial charge in [0, 0.05) is 19.5 Å². The summed E-state index contributed by atoms with van der Waals surface area (Å²) in [5, 5.41) is 11.8. The molecule has 0 aliphatic heterocycles. The quantitative estimate of drug-likeness (QED) is 0.288. The number of oxime groups is 1. The van der Waals surface area contributed by atoms with Gasteiger partial charge in [-0.2, -0.15) is 0 Å². The molecule has 1 rings (SSSR count). The summed E-state index contributed by atoms with van der Waals surface area (Å²) < 4.78 is 0. The highest BCUT2D eigenvalue weighted by molar-refractivity contribution is 5.80. The molecular formula is C14H29N3O. The Morgan fingerprint density at radius 2 is 1.94 bits per heavy atom. The molecule has 0 aromatic rings. The average molecular weight is 255 g/mol. The molecule has 106 valence electrons. The van der Waals surface area contributed by atoms with Crippen LogP contribution in [0.15, 0.2) is 5.16 Å². The van der Waals surface area contributed by atoms with E-state index in [0.29, 0.717) is 11.3 Å². The molecule has 0 amide bonds. The minimum absolute atomic E-state index is 0.290. The minimum atomic E-state index is 0.290. The molecule has 1 saturated carbocycles. The van der Waals surface area contributed by atoms with Crippen molar-refractivity contribution in [2.45, 2.75) is 52.9 Å². The number of hydrogen-bond acceptors (Lipinski definition) is 3. The highest BCUT2D eigenvalue weighted by Gasteiger charge is 2.44. The standard InChI is InChI=1S/C14H29N3O/c1-4-12(5-2)10-17(6-3)11-14(7-8-14)9-13(15)16-18/h12,18H,4-11H2,1-3H3,(H2,15,16). The van der Waals surface area contributed by atoms with Gasteiger partial charge in [0.15, 0.2) is 0 Å². The zero-order valence-corrected chi connectivity index (χ0v) is 12.2. The minimum Gasteiger partial charge on any atom is -0.409 e. The molecule has 0 aromatic heterocycles. The molecule has 0 spiro atoms. The summed E-state index contributed by atoms with van der Waals surface area (Å²) in [5.74, 6) is 1.18. The largest absolute Gasteiger partial charge is 0.409 e. The molecule has 0 radical (unpaired) electrons. The normalized spacial score (nSPS) is 18.6. The second-order valence-corrected chi connectivity index (χ2v) is 5.78. The summed E-state index contributed by atoms with van der Waals surface area (Å²) in [6.45, 7) is 10.1. The van der Waals surface area contributed by atoms with Gasteiger partial charge in [0.25, 0.3) is 0 Å². The SMILES string of the molecule is CCC(CC)CN(CC)CC1(CC(N)=NO)CC1. The first-order valence-corrected chi connectivity index (χ1v) is 7.27. The zero-order valence-electron chi connectivity index (χ0n) is 12.2. The lowest BCUT2D eigenvalue weighted by Crippen LogP contribution is -2.36. The fourth-order valence-electron chi connectivity index (χ4n) is 2.68. The van der Waals surface area contributed by atoms with Crippen molar-refractivity contribution in [2.24, 2.45) is 22.2 Å². The second kappa shape index (κ2) is 6.98. The molecule has 4 nitrogen and oxygen atoms in total. The summed E-state index contributed by atoms with van der Waals surface area (Å²) in [6.07, 6.45) is 5.66. The summed E-state index contributed by atoms with van der Waals surface area (Å²) in [7, 11) is 0. The van der Waals surface area contributed by atoms with Crippen LogP contribution in [0.3, 0.4) is 0 Å². The van der Waals surface area contributed by atoms with Gasteiger partial charge in [-0.3, -0.25) is 0 Å².